The Labute approximate surface area is 274 Å². The van der Waals surface area contributed by atoms with E-state index < -0.39 is 47.3 Å². The Morgan fingerprint density at radius 2 is 1.75 bits per heavy atom. The Balaban J connectivity index is 1.67. The molecule has 9 nitrogen and oxygen atoms in total. The minimum Gasteiger partial charge on any atom is -0.466 e. The standard InChI is InChI=1S/C35H33F4N5O4/c1-4-43-33-30(27(21-42(2)19-9-14-28(45)48-3)41-44(33)26-12-6-5-7-13-26)29(22-15-17-25(36)18-16-22)31(34(43)47)40-32(46)23-10-8-11-24(20-23)35(37,38)39/h5-18,20,29,31H,4,19,21H2,1-3H3,(H,40,46)/b14-9+/t29-,31-/m0/s1. The summed E-state index contributed by atoms with van der Waals surface area (Å²) in [6.45, 7) is 2.49. The first kappa shape index (κ1) is 34.0. The number of likely N-dealkylation sites (N-methyl/N-ethyl adjacent to an activating group) is 2. The number of halogens is 4. The maximum absolute atomic E-state index is 14.4. The highest BCUT2D eigenvalue weighted by Gasteiger charge is 2.46. The van der Waals surface area contributed by atoms with Crippen LogP contribution in [0.3, 0.4) is 0 Å². The molecule has 0 unspecified atom stereocenters. The zero-order chi connectivity index (χ0) is 34.6. The van der Waals surface area contributed by atoms with Crippen molar-refractivity contribution >= 4 is 23.6 Å². The summed E-state index contributed by atoms with van der Waals surface area (Å²) in [7, 11) is 3.08. The lowest BCUT2D eigenvalue weighted by Gasteiger charge is -2.38. The second kappa shape index (κ2) is 14.2. The number of hydrogen-bond acceptors (Lipinski definition) is 6. The number of nitrogens with one attached hydrogen (secondary N) is 1. The number of nitrogens with zero attached hydrogens (tertiary/aromatic N) is 4. The SMILES string of the molecule is CCN1C(=O)[C@@H](NC(=O)c2cccc(C(F)(F)F)c2)[C@@H](c2ccc(F)cc2)c2c(CN(C)C/C=C/C(=O)OC)nn(-c3ccccc3)c21. The number of esters is 1. The summed E-state index contributed by atoms with van der Waals surface area (Å²) in [5, 5.41) is 7.66. The molecule has 0 fully saturated rings. The summed E-state index contributed by atoms with van der Waals surface area (Å²) in [4.78, 5) is 42.9. The molecule has 4 aromatic rings. The number of rotatable bonds is 10. The first-order valence-corrected chi connectivity index (χ1v) is 15.1. The van der Waals surface area contributed by atoms with Gasteiger partial charge in [0.2, 0.25) is 0 Å². The molecule has 13 heteroatoms. The van der Waals surface area contributed by atoms with E-state index >= 15 is 0 Å². The molecule has 0 radical (unpaired) electrons. The van der Waals surface area contributed by atoms with Crippen LogP contribution in [0.15, 0.2) is 91.0 Å². The van der Waals surface area contributed by atoms with Gasteiger partial charge in [0, 0.05) is 42.8 Å². The zero-order valence-corrected chi connectivity index (χ0v) is 26.4. The van der Waals surface area contributed by atoms with Gasteiger partial charge < -0.3 is 10.1 Å². The van der Waals surface area contributed by atoms with Gasteiger partial charge in [0.05, 0.1) is 24.1 Å². The Morgan fingerprint density at radius 3 is 2.40 bits per heavy atom. The highest BCUT2D eigenvalue weighted by molar-refractivity contribution is 6.05. The average molecular weight is 664 g/mol. The smallest absolute Gasteiger partial charge is 0.416 e. The van der Waals surface area contributed by atoms with Crippen molar-refractivity contribution in [2.24, 2.45) is 0 Å². The molecule has 1 aliphatic rings. The maximum atomic E-state index is 14.4. The molecule has 250 valence electrons. The number of fused-ring (bicyclic) bond motifs is 1. The highest BCUT2D eigenvalue weighted by Crippen LogP contribution is 2.44. The van der Waals surface area contributed by atoms with Crippen LogP contribution in [-0.2, 0) is 27.0 Å². The lowest BCUT2D eigenvalue weighted by Crippen LogP contribution is -2.55. The summed E-state index contributed by atoms with van der Waals surface area (Å²) in [5.41, 5.74) is 0.962. The molecule has 0 saturated heterocycles. The van der Waals surface area contributed by atoms with Gasteiger partial charge in [-0.25, -0.2) is 13.9 Å². The third kappa shape index (κ3) is 7.15. The predicted molar refractivity (Wildman–Crippen MR) is 170 cm³/mol. The van der Waals surface area contributed by atoms with Crippen molar-refractivity contribution in [2.75, 3.05) is 32.1 Å². The van der Waals surface area contributed by atoms with Crippen molar-refractivity contribution in [1.29, 1.82) is 0 Å². The number of anilines is 1. The number of aromatic nitrogens is 2. The van der Waals surface area contributed by atoms with Gasteiger partial charge in [-0.05, 0) is 62.0 Å². The first-order valence-electron chi connectivity index (χ1n) is 15.1. The molecule has 3 aromatic carbocycles. The number of methoxy groups -OCH3 is 1. The number of alkyl halides is 3. The van der Waals surface area contributed by atoms with Crippen LogP contribution in [0, 0.1) is 5.82 Å². The number of para-hydroxylation sites is 1. The quantitative estimate of drug-likeness (QED) is 0.137. The van der Waals surface area contributed by atoms with Crippen LogP contribution in [0.4, 0.5) is 23.4 Å². The van der Waals surface area contributed by atoms with E-state index in [4.69, 9.17) is 5.10 Å². The Bertz CT molecular complexity index is 1820. The second-order valence-electron chi connectivity index (χ2n) is 11.2. The lowest BCUT2D eigenvalue weighted by atomic mass is 9.80. The molecule has 0 spiro atoms. The normalized spacial score (nSPS) is 16.3. The molecule has 0 saturated carbocycles. The molecular formula is C35H33F4N5O4. The van der Waals surface area contributed by atoms with E-state index in [9.17, 15) is 31.9 Å². The largest absolute Gasteiger partial charge is 0.466 e. The predicted octanol–water partition coefficient (Wildman–Crippen LogP) is 5.49. The number of amides is 2. The van der Waals surface area contributed by atoms with Crippen molar-refractivity contribution in [3.8, 4) is 5.69 Å². The molecule has 48 heavy (non-hydrogen) atoms. The van der Waals surface area contributed by atoms with Gasteiger partial charge >= 0.3 is 12.1 Å². The average Bonchev–Trinajstić information content (AvgIpc) is 3.43. The molecule has 2 atom stereocenters. The van der Waals surface area contributed by atoms with Gasteiger partial charge in [-0.3, -0.25) is 19.4 Å². The molecule has 1 aliphatic heterocycles. The Hall–Kier alpha value is -5.30. The molecule has 2 amide bonds. The van der Waals surface area contributed by atoms with Gasteiger partial charge in [0.25, 0.3) is 11.8 Å². The van der Waals surface area contributed by atoms with E-state index in [0.29, 0.717) is 34.9 Å². The molecule has 1 N–H and O–H groups in total. The number of carbonyl (C=O) groups is 3. The minimum absolute atomic E-state index is 0.174. The Morgan fingerprint density at radius 1 is 1.04 bits per heavy atom. The van der Waals surface area contributed by atoms with Crippen molar-refractivity contribution in [1.82, 2.24) is 20.0 Å². The minimum atomic E-state index is -4.68. The van der Waals surface area contributed by atoms with Crippen molar-refractivity contribution < 1.29 is 36.7 Å². The fourth-order valence-electron chi connectivity index (χ4n) is 5.75. The van der Waals surface area contributed by atoms with Crippen molar-refractivity contribution in [3.63, 3.8) is 0 Å². The summed E-state index contributed by atoms with van der Waals surface area (Å²) in [5.74, 6) is -2.89. The molecule has 5 rings (SSSR count). The van der Waals surface area contributed by atoms with E-state index in [1.165, 1.54) is 48.4 Å². The molecule has 2 heterocycles. The van der Waals surface area contributed by atoms with Gasteiger partial charge in [-0.2, -0.15) is 18.3 Å². The van der Waals surface area contributed by atoms with Crippen molar-refractivity contribution in [2.45, 2.75) is 31.6 Å². The van der Waals surface area contributed by atoms with Gasteiger partial charge in [-0.1, -0.05) is 42.5 Å². The monoisotopic (exact) mass is 663 g/mol. The highest BCUT2D eigenvalue weighted by atomic mass is 19.4. The second-order valence-corrected chi connectivity index (χ2v) is 11.2. The number of carbonyl (C=O) groups excluding carboxylic acids is 3. The Kier molecular flexibility index (Phi) is 10.1. The summed E-state index contributed by atoms with van der Waals surface area (Å²) >= 11 is 0. The molecule has 1 aromatic heterocycles. The van der Waals surface area contributed by atoms with Crippen LogP contribution in [0.1, 0.15) is 45.6 Å². The van der Waals surface area contributed by atoms with E-state index in [2.05, 4.69) is 10.1 Å². The van der Waals surface area contributed by atoms with Gasteiger partial charge in [0.1, 0.15) is 17.7 Å². The summed E-state index contributed by atoms with van der Waals surface area (Å²) in [6, 6.07) is 17.3. The fraction of sp³-hybridized carbons (Fsp3) is 0.257. The van der Waals surface area contributed by atoms with Crippen molar-refractivity contribution in [3.05, 3.63) is 125 Å². The van der Waals surface area contributed by atoms with Crippen LogP contribution in [0.25, 0.3) is 5.69 Å². The van der Waals surface area contributed by atoms with E-state index in [1.807, 2.05) is 35.2 Å². The van der Waals surface area contributed by atoms with Crippen LogP contribution in [0.2, 0.25) is 0 Å². The van der Waals surface area contributed by atoms with E-state index in [-0.39, 0.29) is 18.7 Å². The molecular weight excluding hydrogens is 630 g/mol. The fourth-order valence-corrected chi connectivity index (χ4v) is 5.75. The van der Waals surface area contributed by atoms with Gasteiger partial charge in [-0.15, -0.1) is 0 Å². The van der Waals surface area contributed by atoms with Gasteiger partial charge in [0.15, 0.2) is 0 Å². The zero-order valence-electron chi connectivity index (χ0n) is 26.4. The molecule has 0 bridgehead atoms. The first-order chi connectivity index (χ1) is 22.9. The molecule has 0 aliphatic carbocycles. The van der Waals surface area contributed by atoms with Crippen LogP contribution < -0.4 is 10.2 Å². The number of ether oxygens (including phenoxy) is 1. The van der Waals surface area contributed by atoms with Crippen LogP contribution in [-0.4, -0.2) is 65.8 Å². The van der Waals surface area contributed by atoms with E-state index in [1.54, 1.807) is 24.7 Å². The summed E-state index contributed by atoms with van der Waals surface area (Å²) < 4.78 is 61.0. The third-order valence-corrected chi connectivity index (χ3v) is 7.98. The topological polar surface area (TPSA) is 96.8 Å². The van der Waals surface area contributed by atoms with E-state index in [0.717, 1.165) is 18.2 Å². The van der Waals surface area contributed by atoms with Crippen LogP contribution >= 0.6 is 0 Å². The summed E-state index contributed by atoms with van der Waals surface area (Å²) in [6.07, 6.45) is -1.75. The number of benzene rings is 3. The third-order valence-electron chi connectivity index (χ3n) is 7.98. The lowest BCUT2D eigenvalue weighted by molar-refractivity contribution is -0.137. The maximum Gasteiger partial charge on any atom is 0.416 e. The number of hydrogen-bond donors (Lipinski definition) is 1. The van der Waals surface area contributed by atoms with Crippen LogP contribution in [0.5, 0.6) is 0 Å².